The second-order valence-corrected chi connectivity index (χ2v) is 5.64. The third kappa shape index (κ3) is 2.53. The molecule has 3 heteroatoms. The largest absolute Gasteiger partial charge is 0.358 e. The Morgan fingerprint density at radius 1 is 1.37 bits per heavy atom. The number of hydrogen-bond acceptors (Lipinski definition) is 2. The molecule has 0 bridgehead atoms. The van der Waals surface area contributed by atoms with Gasteiger partial charge in [-0.1, -0.05) is 18.2 Å². The Kier molecular flexibility index (Phi) is 3.58. The monoisotopic (exact) mass is 257 g/mol. The quantitative estimate of drug-likeness (QED) is 0.885. The summed E-state index contributed by atoms with van der Waals surface area (Å²) in [6.07, 6.45) is 2.60. The van der Waals surface area contributed by atoms with Gasteiger partial charge in [0.1, 0.15) is 0 Å². The van der Waals surface area contributed by atoms with Crippen LogP contribution in [-0.2, 0) is 6.54 Å². The molecule has 0 spiro atoms. The van der Waals surface area contributed by atoms with Gasteiger partial charge in [0.25, 0.3) is 0 Å². The van der Waals surface area contributed by atoms with E-state index in [9.17, 15) is 0 Å². The molecule has 1 fully saturated rings. The molecular formula is C16H23N3. The standard InChI is InChI=1S/C16H23N3/c1-12-15(14-7-3-4-8-16(14)18-12)11-19-9-5-6-13(10-19)17-2/h3-4,7-8,13,17-18H,5-6,9-11H2,1-2H3. The number of aromatic nitrogens is 1. The molecule has 2 heterocycles. The SMILES string of the molecule is CNC1CCCN(Cc2c(C)[nH]c3ccccc23)C1. The lowest BCUT2D eigenvalue weighted by molar-refractivity contribution is 0.188. The second-order valence-electron chi connectivity index (χ2n) is 5.64. The van der Waals surface area contributed by atoms with Crippen molar-refractivity contribution in [2.75, 3.05) is 20.1 Å². The van der Waals surface area contributed by atoms with E-state index in [1.54, 1.807) is 0 Å². The molecule has 1 aliphatic rings. The smallest absolute Gasteiger partial charge is 0.0459 e. The van der Waals surface area contributed by atoms with Crippen molar-refractivity contribution in [1.82, 2.24) is 15.2 Å². The summed E-state index contributed by atoms with van der Waals surface area (Å²) < 4.78 is 0. The van der Waals surface area contributed by atoms with Gasteiger partial charge in [0.2, 0.25) is 0 Å². The first-order valence-electron chi connectivity index (χ1n) is 7.23. The fraction of sp³-hybridized carbons (Fsp3) is 0.500. The zero-order valence-electron chi connectivity index (χ0n) is 11.9. The number of likely N-dealkylation sites (tertiary alicyclic amines) is 1. The Morgan fingerprint density at radius 2 is 2.21 bits per heavy atom. The molecule has 0 aliphatic carbocycles. The minimum absolute atomic E-state index is 0.652. The summed E-state index contributed by atoms with van der Waals surface area (Å²) in [7, 11) is 2.07. The van der Waals surface area contributed by atoms with Crippen LogP contribution in [0.5, 0.6) is 0 Å². The number of aromatic amines is 1. The van der Waals surface area contributed by atoms with Gasteiger partial charge in [-0.25, -0.2) is 0 Å². The number of fused-ring (bicyclic) bond motifs is 1. The maximum atomic E-state index is 3.50. The number of nitrogens with zero attached hydrogens (tertiary/aromatic N) is 1. The topological polar surface area (TPSA) is 31.1 Å². The van der Waals surface area contributed by atoms with Gasteiger partial charge in [0.15, 0.2) is 0 Å². The highest BCUT2D eigenvalue weighted by Crippen LogP contribution is 2.24. The lowest BCUT2D eigenvalue weighted by Gasteiger charge is -2.32. The molecule has 0 saturated carbocycles. The van der Waals surface area contributed by atoms with Crippen LogP contribution in [0.4, 0.5) is 0 Å². The van der Waals surface area contributed by atoms with Crippen molar-refractivity contribution >= 4 is 10.9 Å². The predicted molar refractivity (Wildman–Crippen MR) is 80.4 cm³/mol. The maximum Gasteiger partial charge on any atom is 0.0459 e. The van der Waals surface area contributed by atoms with Crippen LogP contribution in [0.2, 0.25) is 0 Å². The Labute approximate surface area is 115 Å². The zero-order chi connectivity index (χ0) is 13.2. The summed E-state index contributed by atoms with van der Waals surface area (Å²) in [5, 5.41) is 4.80. The molecular weight excluding hydrogens is 234 g/mol. The molecule has 2 aromatic rings. The van der Waals surface area contributed by atoms with Gasteiger partial charge in [-0.05, 0) is 45.0 Å². The summed E-state index contributed by atoms with van der Waals surface area (Å²) in [6.45, 7) is 5.63. The molecule has 3 rings (SSSR count). The second kappa shape index (κ2) is 5.35. The predicted octanol–water partition coefficient (Wildman–Crippen LogP) is 2.66. The molecule has 3 nitrogen and oxygen atoms in total. The minimum Gasteiger partial charge on any atom is -0.358 e. The van der Waals surface area contributed by atoms with Crippen LogP contribution in [0.15, 0.2) is 24.3 Å². The van der Waals surface area contributed by atoms with E-state index in [0.717, 1.165) is 13.1 Å². The summed E-state index contributed by atoms with van der Waals surface area (Å²) in [5.74, 6) is 0. The number of likely N-dealkylation sites (N-methyl/N-ethyl adjacent to an activating group) is 1. The molecule has 19 heavy (non-hydrogen) atoms. The highest BCUT2D eigenvalue weighted by molar-refractivity contribution is 5.84. The Morgan fingerprint density at radius 3 is 3.05 bits per heavy atom. The van der Waals surface area contributed by atoms with Crippen LogP contribution in [0.3, 0.4) is 0 Å². The zero-order valence-corrected chi connectivity index (χ0v) is 11.9. The van der Waals surface area contributed by atoms with Crippen LogP contribution >= 0.6 is 0 Å². The number of H-pyrrole nitrogens is 1. The third-order valence-electron chi connectivity index (χ3n) is 4.32. The first-order valence-corrected chi connectivity index (χ1v) is 7.23. The fourth-order valence-electron chi connectivity index (χ4n) is 3.20. The maximum absolute atomic E-state index is 3.50. The van der Waals surface area contributed by atoms with E-state index in [1.807, 2.05) is 0 Å². The Hall–Kier alpha value is -1.32. The number of hydrogen-bond donors (Lipinski definition) is 2. The molecule has 0 radical (unpaired) electrons. The molecule has 102 valence electrons. The van der Waals surface area contributed by atoms with E-state index in [2.05, 4.69) is 53.4 Å². The molecule has 1 aliphatic heterocycles. The van der Waals surface area contributed by atoms with E-state index >= 15 is 0 Å². The van der Waals surface area contributed by atoms with Crippen molar-refractivity contribution in [3.63, 3.8) is 0 Å². The highest BCUT2D eigenvalue weighted by atomic mass is 15.2. The van der Waals surface area contributed by atoms with Crippen LogP contribution in [0, 0.1) is 6.92 Å². The van der Waals surface area contributed by atoms with E-state index in [1.165, 1.54) is 41.5 Å². The normalized spacial score (nSPS) is 21.1. The van der Waals surface area contributed by atoms with Crippen LogP contribution < -0.4 is 5.32 Å². The highest BCUT2D eigenvalue weighted by Gasteiger charge is 2.20. The lowest BCUT2D eigenvalue weighted by Crippen LogP contribution is -2.43. The first-order chi connectivity index (χ1) is 9.28. The molecule has 2 N–H and O–H groups in total. The van der Waals surface area contributed by atoms with Crippen molar-refractivity contribution in [2.45, 2.75) is 32.4 Å². The fourth-order valence-corrected chi connectivity index (χ4v) is 3.20. The van der Waals surface area contributed by atoms with Crippen molar-refractivity contribution < 1.29 is 0 Å². The van der Waals surface area contributed by atoms with Crippen molar-refractivity contribution in [2.24, 2.45) is 0 Å². The van der Waals surface area contributed by atoms with Crippen molar-refractivity contribution in [3.8, 4) is 0 Å². The number of piperidine rings is 1. The van der Waals surface area contributed by atoms with E-state index < -0.39 is 0 Å². The van der Waals surface area contributed by atoms with E-state index in [0.29, 0.717) is 6.04 Å². The molecule has 1 saturated heterocycles. The van der Waals surface area contributed by atoms with Gasteiger partial charge in [-0.3, -0.25) is 4.90 Å². The van der Waals surface area contributed by atoms with Gasteiger partial charge in [-0.15, -0.1) is 0 Å². The van der Waals surface area contributed by atoms with Gasteiger partial charge in [-0.2, -0.15) is 0 Å². The number of para-hydroxylation sites is 1. The average molecular weight is 257 g/mol. The minimum atomic E-state index is 0.652. The molecule has 1 aromatic heterocycles. The number of aryl methyl sites for hydroxylation is 1. The van der Waals surface area contributed by atoms with E-state index in [4.69, 9.17) is 0 Å². The molecule has 0 amide bonds. The Bertz CT molecular complexity index is 558. The van der Waals surface area contributed by atoms with Crippen molar-refractivity contribution in [1.29, 1.82) is 0 Å². The molecule has 1 aromatic carbocycles. The average Bonchev–Trinajstić information content (AvgIpc) is 2.76. The van der Waals surface area contributed by atoms with Gasteiger partial charge in [0.05, 0.1) is 0 Å². The Balaban J connectivity index is 1.83. The van der Waals surface area contributed by atoms with Gasteiger partial charge in [0, 0.05) is 35.7 Å². The summed E-state index contributed by atoms with van der Waals surface area (Å²) in [6, 6.07) is 9.27. The van der Waals surface area contributed by atoms with Gasteiger partial charge >= 0.3 is 0 Å². The van der Waals surface area contributed by atoms with Crippen molar-refractivity contribution in [3.05, 3.63) is 35.5 Å². The molecule has 1 unspecified atom stereocenters. The summed E-state index contributed by atoms with van der Waals surface area (Å²) in [5.41, 5.74) is 4.04. The van der Waals surface area contributed by atoms with Crippen LogP contribution in [0.25, 0.3) is 10.9 Å². The summed E-state index contributed by atoms with van der Waals surface area (Å²) in [4.78, 5) is 6.08. The van der Waals surface area contributed by atoms with Gasteiger partial charge < -0.3 is 10.3 Å². The lowest BCUT2D eigenvalue weighted by atomic mass is 10.0. The number of benzene rings is 1. The van der Waals surface area contributed by atoms with E-state index in [-0.39, 0.29) is 0 Å². The molecule has 1 atom stereocenters. The number of nitrogens with one attached hydrogen (secondary N) is 2. The third-order valence-corrected chi connectivity index (χ3v) is 4.32. The van der Waals surface area contributed by atoms with Crippen LogP contribution in [0.1, 0.15) is 24.1 Å². The number of rotatable bonds is 3. The van der Waals surface area contributed by atoms with Crippen LogP contribution in [-0.4, -0.2) is 36.1 Å². The first kappa shape index (κ1) is 12.7. The summed E-state index contributed by atoms with van der Waals surface area (Å²) >= 11 is 0.